The molecule has 5 nitrogen and oxygen atoms in total. The molecule has 0 radical (unpaired) electrons. The Morgan fingerprint density at radius 3 is 2.73 bits per heavy atom. The molecule has 1 aromatic carbocycles. The van der Waals surface area contributed by atoms with Crippen LogP contribution in [0.3, 0.4) is 0 Å². The average molecular weight is 294 g/mol. The SMILES string of the molecule is N#Cc1ccnc(-n2nccc2OCc2ccc(F)cc2)c1. The van der Waals surface area contributed by atoms with Crippen molar-refractivity contribution in [1.29, 1.82) is 5.26 Å². The average Bonchev–Trinajstić information content (AvgIpc) is 3.03. The highest BCUT2D eigenvalue weighted by atomic mass is 19.1. The Balaban J connectivity index is 1.80. The lowest BCUT2D eigenvalue weighted by atomic mass is 10.2. The number of pyridine rings is 1. The first-order valence-corrected chi connectivity index (χ1v) is 6.54. The number of aromatic nitrogens is 3. The molecule has 0 atom stereocenters. The molecular weight excluding hydrogens is 283 g/mol. The molecule has 108 valence electrons. The highest BCUT2D eigenvalue weighted by Crippen LogP contribution is 2.17. The highest BCUT2D eigenvalue weighted by Gasteiger charge is 2.08. The standard InChI is InChI=1S/C16H11FN4O/c17-14-3-1-12(2-4-14)11-22-16-6-8-20-21(16)15-9-13(10-18)5-7-19-15/h1-9H,11H2. The maximum absolute atomic E-state index is 12.9. The minimum absolute atomic E-state index is 0.282. The van der Waals surface area contributed by atoms with Crippen LogP contribution in [-0.2, 0) is 6.61 Å². The molecular formula is C16H11FN4O. The number of hydrogen-bond donors (Lipinski definition) is 0. The second kappa shape index (κ2) is 6.06. The molecule has 2 heterocycles. The van der Waals surface area contributed by atoms with Crippen molar-refractivity contribution in [2.24, 2.45) is 0 Å². The van der Waals surface area contributed by atoms with Crippen LogP contribution < -0.4 is 4.74 Å². The van der Waals surface area contributed by atoms with Gasteiger partial charge in [0.2, 0.25) is 5.88 Å². The molecule has 0 aliphatic carbocycles. The number of hydrogen-bond acceptors (Lipinski definition) is 4. The van der Waals surface area contributed by atoms with Gasteiger partial charge in [-0.25, -0.2) is 9.37 Å². The number of nitriles is 1. The van der Waals surface area contributed by atoms with Gasteiger partial charge in [-0.15, -0.1) is 0 Å². The number of halogens is 1. The first-order chi connectivity index (χ1) is 10.8. The van der Waals surface area contributed by atoms with E-state index in [1.54, 1.807) is 42.7 Å². The van der Waals surface area contributed by atoms with Gasteiger partial charge in [0.05, 0.1) is 17.8 Å². The molecule has 0 unspecified atom stereocenters. The molecule has 3 aromatic rings. The molecule has 0 amide bonds. The van der Waals surface area contributed by atoms with Crippen LogP contribution in [0.25, 0.3) is 5.82 Å². The van der Waals surface area contributed by atoms with Gasteiger partial charge >= 0.3 is 0 Å². The summed E-state index contributed by atoms with van der Waals surface area (Å²) in [6.45, 7) is 0.282. The van der Waals surface area contributed by atoms with Crippen molar-refractivity contribution in [3.05, 3.63) is 71.8 Å². The molecule has 2 aromatic heterocycles. The molecule has 22 heavy (non-hydrogen) atoms. The molecule has 0 aliphatic rings. The van der Waals surface area contributed by atoms with Crippen LogP contribution in [0.5, 0.6) is 5.88 Å². The summed E-state index contributed by atoms with van der Waals surface area (Å²) in [7, 11) is 0. The monoisotopic (exact) mass is 294 g/mol. The van der Waals surface area contributed by atoms with Gasteiger partial charge in [0.15, 0.2) is 5.82 Å². The Morgan fingerprint density at radius 1 is 1.14 bits per heavy atom. The quantitative estimate of drug-likeness (QED) is 0.742. The number of benzene rings is 1. The van der Waals surface area contributed by atoms with Gasteiger partial charge in [0.1, 0.15) is 12.4 Å². The number of ether oxygens (including phenoxy) is 1. The summed E-state index contributed by atoms with van der Waals surface area (Å²) in [5.74, 6) is 0.705. The van der Waals surface area contributed by atoms with Crippen molar-refractivity contribution in [2.45, 2.75) is 6.61 Å². The van der Waals surface area contributed by atoms with Crippen LogP contribution in [-0.4, -0.2) is 14.8 Å². The smallest absolute Gasteiger partial charge is 0.218 e. The van der Waals surface area contributed by atoms with Crippen molar-refractivity contribution in [1.82, 2.24) is 14.8 Å². The summed E-state index contributed by atoms with van der Waals surface area (Å²) in [5, 5.41) is 13.1. The van der Waals surface area contributed by atoms with Gasteiger partial charge in [0.25, 0.3) is 0 Å². The molecule has 0 bridgehead atoms. The van der Waals surface area contributed by atoms with Gasteiger partial charge in [-0.2, -0.15) is 15.0 Å². The van der Waals surface area contributed by atoms with Crippen LogP contribution >= 0.6 is 0 Å². The van der Waals surface area contributed by atoms with Gasteiger partial charge in [-0.05, 0) is 23.8 Å². The van der Waals surface area contributed by atoms with E-state index in [1.807, 2.05) is 0 Å². The Kier molecular flexibility index (Phi) is 3.79. The molecule has 0 saturated carbocycles. The summed E-state index contributed by atoms with van der Waals surface area (Å²) in [4.78, 5) is 4.18. The zero-order valence-corrected chi connectivity index (χ0v) is 11.5. The zero-order valence-electron chi connectivity index (χ0n) is 11.5. The number of nitrogens with zero attached hydrogens (tertiary/aromatic N) is 4. The van der Waals surface area contributed by atoms with Crippen molar-refractivity contribution < 1.29 is 9.13 Å². The molecule has 0 saturated heterocycles. The highest BCUT2D eigenvalue weighted by molar-refractivity contribution is 5.37. The van der Waals surface area contributed by atoms with Crippen molar-refractivity contribution in [3.8, 4) is 17.8 Å². The molecule has 3 rings (SSSR count). The lowest BCUT2D eigenvalue weighted by molar-refractivity contribution is 0.284. The van der Waals surface area contributed by atoms with E-state index < -0.39 is 0 Å². The van der Waals surface area contributed by atoms with E-state index in [2.05, 4.69) is 16.2 Å². The fourth-order valence-corrected chi connectivity index (χ4v) is 1.91. The van der Waals surface area contributed by atoms with E-state index in [0.717, 1.165) is 5.56 Å². The third kappa shape index (κ3) is 2.94. The summed E-state index contributed by atoms with van der Waals surface area (Å²) in [5.41, 5.74) is 1.33. The van der Waals surface area contributed by atoms with E-state index in [4.69, 9.17) is 10.00 Å². The minimum atomic E-state index is -0.286. The molecule has 0 N–H and O–H groups in total. The predicted octanol–water partition coefficient (Wildman–Crippen LogP) is 2.86. The Hall–Kier alpha value is -3.20. The van der Waals surface area contributed by atoms with Crippen LogP contribution in [0.1, 0.15) is 11.1 Å². The molecule has 0 spiro atoms. The van der Waals surface area contributed by atoms with Gasteiger partial charge in [0, 0.05) is 18.3 Å². The first kappa shape index (κ1) is 13.8. The second-order valence-electron chi connectivity index (χ2n) is 4.51. The third-order valence-electron chi connectivity index (χ3n) is 3.00. The normalized spacial score (nSPS) is 10.2. The van der Waals surface area contributed by atoms with Crippen LogP contribution in [0, 0.1) is 17.1 Å². The summed E-state index contributed by atoms with van der Waals surface area (Å²) >= 11 is 0. The van der Waals surface area contributed by atoms with E-state index >= 15 is 0 Å². The Labute approximate surface area is 126 Å². The lowest BCUT2D eigenvalue weighted by Crippen LogP contribution is -2.05. The largest absolute Gasteiger partial charge is 0.473 e. The number of rotatable bonds is 4. The van der Waals surface area contributed by atoms with Gasteiger partial charge < -0.3 is 4.74 Å². The predicted molar refractivity (Wildman–Crippen MR) is 76.8 cm³/mol. The zero-order chi connectivity index (χ0) is 15.4. The van der Waals surface area contributed by atoms with Gasteiger partial charge in [-0.3, -0.25) is 0 Å². The Bertz CT molecular complexity index is 821. The summed E-state index contributed by atoms with van der Waals surface area (Å²) in [6, 6.07) is 13.1. The van der Waals surface area contributed by atoms with Crippen LogP contribution in [0.15, 0.2) is 54.9 Å². The van der Waals surface area contributed by atoms with E-state index in [1.165, 1.54) is 16.8 Å². The lowest BCUT2D eigenvalue weighted by Gasteiger charge is -2.08. The molecule has 6 heteroatoms. The molecule has 0 aliphatic heterocycles. The van der Waals surface area contributed by atoms with E-state index in [-0.39, 0.29) is 12.4 Å². The van der Waals surface area contributed by atoms with Crippen LogP contribution in [0.2, 0.25) is 0 Å². The fourth-order valence-electron chi connectivity index (χ4n) is 1.91. The maximum atomic E-state index is 12.9. The fraction of sp³-hybridized carbons (Fsp3) is 0.0625. The summed E-state index contributed by atoms with van der Waals surface area (Å²) < 4.78 is 20.1. The van der Waals surface area contributed by atoms with Crippen molar-refractivity contribution in [2.75, 3.05) is 0 Å². The van der Waals surface area contributed by atoms with E-state index in [9.17, 15) is 4.39 Å². The van der Waals surface area contributed by atoms with Crippen LogP contribution in [0.4, 0.5) is 4.39 Å². The molecule has 0 fully saturated rings. The van der Waals surface area contributed by atoms with Crippen molar-refractivity contribution in [3.63, 3.8) is 0 Å². The van der Waals surface area contributed by atoms with Crippen molar-refractivity contribution >= 4 is 0 Å². The second-order valence-corrected chi connectivity index (χ2v) is 4.51. The van der Waals surface area contributed by atoms with Gasteiger partial charge in [-0.1, -0.05) is 12.1 Å². The third-order valence-corrected chi connectivity index (χ3v) is 3.00. The van der Waals surface area contributed by atoms with E-state index in [0.29, 0.717) is 17.3 Å². The maximum Gasteiger partial charge on any atom is 0.218 e. The summed E-state index contributed by atoms with van der Waals surface area (Å²) in [6.07, 6.45) is 3.13. The topological polar surface area (TPSA) is 63.7 Å². The minimum Gasteiger partial charge on any atom is -0.473 e. The Morgan fingerprint density at radius 2 is 1.95 bits per heavy atom. The first-order valence-electron chi connectivity index (χ1n) is 6.54.